The minimum absolute atomic E-state index is 0.0954. The van der Waals surface area contributed by atoms with E-state index in [1.807, 2.05) is 32.0 Å². The Kier molecular flexibility index (Phi) is 6.89. The summed E-state index contributed by atoms with van der Waals surface area (Å²) in [6, 6.07) is 29.0. The zero-order valence-electron chi connectivity index (χ0n) is 23.6. The molecule has 5 aromatic rings. The molecule has 1 aliphatic rings. The zero-order chi connectivity index (χ0) is 27.8. The van der Waals surface area contributed by atoms with Crippen molar-refractivity contribution in [2.75, 3.05) is 13.7 Å². The van der Waals surface area contributed by atoms with Gasteiger partial charge in [-0.3, -0.25) is 9.36 Å². The van der Waals surface area contributed by atoms with Gasteiger partial charge in [0.1, 0.15) is 11.6 Å². The number of carbonyl (C=O) groups excluding carboxylic acids is 1. The van der Waals surface area contributed by atoms with Gasteiger partial charge in [-0.2, -0.15) is 0 Å². The molecule has 5 heteroatoms. The number of nitrogens with zero attached hydrogens (tertiary/aromatic N) is 3. The number of carbonyl (C=O) groups is 1. The Balaban J connectivity index is 1.51. The van der Waals surface area contributed by atoms with Crippen LogP contribution in [0.25, 0.3) is 27.8 Å². The molecule has 0 bridgehead atoms. The Hall–Kier alpha value is -4.38. The van der Waals surface area contributed by atoms with Gasteiger partial charge < -0.3 is 9.64 Å². The number of hydrogen-bond acceptors (Lipinski definition) is 3. The molecule has 2 heterocycles. The van der Waals surface area contributed by atoms with Gasteiger partial charge in [0, 0.05) is 17.8 Å². The monoisotopic (exact) mass is 529 g/mol. The lowest BCUT2D eigenvalue weighted by molar-refractivity contribution is 0.0597. The van der Waals surface area contributed by atoms with Crippen molar-refractivity contribution in [1.29, 1.82) is 0 Å². The lowest BCUT2D eigenvalue weighted by atomic mass is 9.95. The fourth-order valence-electron chi connectivity index (χ4n) is 6.24. The van der Waals surface area contributed by atoms with Gasteiger partial charge in [-0.1, -0.05) is 54.1 Å². The number of fused-ring (bicyclic) bond motifs is 1. The molecular formula is C35H35N3O2. The van der Waals surface area contributed by atoms with E-state index in [1.165, 1.54) is 5.56 Å². The summed E-state index contributed by atoms with van der Waals surface area (Å²) in [7, 11) is 1.68. The van der Waals surface area contributed by atoms with Gasteiger partial charge >= 0.3 is 0 Å². The number of benzene rings is 4. The van der Waals surface area contributed by atoms with Crippen LogP contribution in [-0.4, -0.2) is 34.0 Å². The number of methoxy groups -OCH3 is 1. The quantitative estimate of drug-likeness (QED) is 0.232. The molecule has 1 saturated heterocycles. The molecule has 4 aromatic carbocycles. The first-order valence-corrected chi connectivity index (χ1v) is 14.1. The predicted octanol–water partition coefficient (Wildman–Crippen LogP) is 7.99. The summed E-state index contributed by atoms with van der Waals surface area (Å²) < 4.78 is 7.67. The smallest absolute Gasteiger partial charge is 0.255 e. The van der Waals surface area contributed by atoms with Gasteiger partial charge in [-0.25, -0.2) is 4.98 Å². The van der Waals surface area contributed by atoms with Crippen molar-refractivity contribution in [3.8, 4) is 22.6 Å². The van der Waals surface area contributed by atoms with Crippen LogP contribution in [-0.2, 0) is 0 Å². The average molecular weight is 530 g/mol. The van der Waals surface area contributed by atoms with Crippen molar-refractivity contribution in [3.63, 3.8) is 0 Å². The molecule has 0 N–H and O–H groups in total. The molecule has 1 unspecified atom stereocenters. The van der Waals surface area contributed by atoms with Crippen LogP contribution >= 0.6 is 0 Å². The van der Waals surface area contributed by atoms with Crippen LogP contribution in [0.15, 0.2) is 84.9 Å². The molecule has 40 heavy (non-hydrogen) atoms. The van der Waals surface area contributed by atoms with Crippen LogP contribution in [0, 0.1) is 20.8 Å². The molecule has 6 rings (SSSR count). The first kappa shape index (κ1) is 25.9. The number of aromatic nitrogens is 2. The van der Waals surface area contributed by atoms with Crippen molar-refractivity contribution < 1.29 is 9.53 Å². The highest BCUT2D eigenvalue weighted by Gasteiger charge is 2.34. The van der Waals surface area contributed by atoms with Gasteiger partial charge in [0.2, 0.25) is 0 Å². The normalized spacial score (nSPS) is 15.4. The zero-order valence-corrected chi connectivity index (χ0v) is 23.6. The summed E-state index contributed by atoms with van der Waals surface area (Å²) in [5.41, 5.74) is 9.30. The highest BCUT2D eigenvalue weighted by atomic mass is 16.5. The van der Waals surface area contributed by atoms with E-state index < -0.39 is 0 Å². The van der Waals surface area contributed by atoms with Crippen LogP contribution in [0.5, 0.6) is 5.75 Å². The van der Waals surface area contributed by atoms with E-state index in [-0.39, 0.29) is 11.9 Å². The first-order valence-electron chi connectivity index (χ1n) is 14.1. The van der Waals surface area contributed by atoms with E-state index >= 15 is 0 Å². The van der Waals surface area contributed by atoms with Crippen LogP contribution < -0.4 is 4.74 Å². The van der Waals surface area contributed by atoms with Gasteiger partial charge in [-0.05, 0) is 98.7 Å². The van der Waals surface area contributed by atoms with E-state index in [4.69, 9.17) is 9.72 Å². The highest BCUT2D eigenvalue weighted by molar-refractivity contribution is 5.97. The third-order valence-electron chi connectivity index (χ3n) is 8.07. The number of hydrogen-bond donors (Lipinski definition) is 0. The summed E-state index contributed by atoms with van der Waals surface area (Å²) >= 11 is 0. The molecule has 0 aliphatic carbocycles. The van der Waals surface area contributed by atoms with Gasteiger partial charge in [0.15, 0.2) is 0 Å². The number of aryl methyl sites for hydroxylation is 3. The van der Waals surface area contributed by atoms with E-state index in [1.54, 1.807) is 7.11 Å². The summed E-state index contributed by atoms with van der Waals surface area (Å²) in [5.74, 6) is 1.81. The van der Waals surface area contributed by atoms with Crippen LogP contribution in [0.3, 0.4) is 0 Å². The van der Waals surface area contributed by atoms with Crippen molar-refractivity contribution in [2.45, 2.75) is 46.1 Å². The van der Waals surface area contributed by atoms with E-state index in [0.29, 0.717) is 0 Å². The summed E-state index contributed by atoms with van der Waals surface area (Å²) in [4.78, 5) is 21.5. The second kappa shape index (κ2) is 10.6. The van der Waals surface area contributed by atoms with Crippen molar-refractivity contribution in [3.05, 3.63) is 113 Å². The van der Waals surface area contributed by atoms with Crippen molar-refractivity contribution in [2.24, 2.45) is 0 Å². The van der Waals surface area contributed by atoms with Crippen LogP contribution in [0.1, 0.15) is 58.2 Å². The number of rotatable bonds is 5. The standard InChI is InChI=1S/C35H35N3O2/c1-23-20-24(2)33(25(3)21-23)35(39)37-19-9-8-12-32(37)34-36-30-22-27(26-10-6-5-7-11-26)13-18-31(30)38(34)28-14-16-29(40-4)17-15-28/h5-7,10-11,13-18,20-22,32H,8-9,12,19H2,1-4H3. The van der Waals surface area contributed by atoms with Crippen molar-refractivity contribution >= 4 is 16.9 Å². The number of piperidine rings is 1. The highest BCUT2D eigenvalue weighted by Crippen LogP contribution is 2.37. The molecule has 0 radical (unpaired) electrons. The van der Waals surface area contributed by atoms with E-state index in [9.17, 15) is 4.79 Å². The molecule has 1 fully saturated rings. The second-order valence-corrected chi connectivity index (χ2v) is 10.9. The minimum Gasteiger partial charge on any atom is -0.497 e. The Bertz CT molecular complexity index is 1660. The molecule has 1 aromatic heterocycles. The minimum atomic E-state index is -0.129. The molecule has 0 spiro atoms. The largest absolute Gasteiger partial charge is 0.497 e. The number of amides is 1. The van der Waals surface area contributed by atoms with Gasteiger partial charge in [0.05, 0.1) is 24.2 Å². The van der Waals surface area contributed by atoms with Crippen molar-refractivity contribution in [1.82, 2.24) is 14.5 Å². The van der Waals surface area contributed by atoms with Gasteiger partial charge in [-0.15, -0.1) is 0 Å². The van der Waals surface area contributed by atoms with Crippen LogP contribution in [0.2, 0.25) is 0 Å². The third-order valence-corrected chi connectivity index (χ3v) is 8.07. The molecule has 5 nitrogen and oxygen atoms in total. The lowest BCUT2D eigenvalue weighted by Gasteiger charge is -2.36. The molecule has 0 saturated carbocycles. The van der Waals surface area contributed by atoms with Crippen LogP contribution in [0.4, 0.5) is 0 Å². The van der Waals surface area contributed by atoms with E-state index in [0.717, 1.165) is 81.9 Å². The number of ether oxygens (including phenoxy) is 1. The molecule has 1 aliphatic heterocycles. The molecule has 1 atom stereocenters. The predicted molar refractivity (Wildman–Crippen MR) is 161 cm³/mol. The fourth-order valence-corrected chi connectivity index (χ4v) is 6.24. The second-order valence-electron chi connectivity index (χ2n) is 10.9. The molecule has 202 valence electrons. The maximum Gasteiger partial charge on any atom is 0.255 e. The fraction of sp³-hybridized carbons (Fsp3) is 0.257. The Morgan fingerprint density at radius 3 is 2.27 bits per heavy atom. The van der Waals surface area contributed by atoms with E-state index in [2.05, 4.69) is 83.1 Å². The average Bonchev–Trinajstić information content (AvgIpc) is 3.36. The summed E-state index contributed by atoms with van der Waals surface area (Å²) in [5, 5.41) is 0. The van der Waals surface area contributed by atoms with Gasteiger partial charge in [0.25, 0.3) is 5.91 Å². The first-order chi connectivity index (χ1) is 19.4. The lowest BCUT2D eigenvalue weighted by Crippen LogP contribution is -2.40. The SMILES string of the molecule is COc1ccc(-n2c(C3CCCCN3C(=O)c3c(C)cc(C)cc3C)nc3cc(-c4ccccc4)ccc32)cc1. The summed E-state index contributed by atoms with van der Waals surface area (Å²) in [6.45, 7) is 6.89. The number of likely N-dealkylation sites (tertiary alicyclic amines) is 1. The summed E-state index contributed by atoms with van der Waals surface area (Å²) in [6.07, 6.45) is 2.93. The maximum absolute atomic E-state index is 14.2. The Morgan fingerprint density at radius 2 is 1.57 bits per heavy atom. The molecule has 1 amide bonds. The third kappa shape index (κ3) is 4.66. The Labute approximate surface area is 236 Å². The Morgan fingerprint density at radius 1 is 0.850 bits per heavy atom. The number of imidazole rings is 1. The molecular weight excluding hydrogens is 494 g/mol. The topological polar surface area (TPSA) is 47.4 Å². The maximum atomic E-state index is 14.2.